The van der Waals surface area contributed by atoms with Crippen LogP contribution < -0.4 is 19.1 Å². The van der Waals surface area contributed by atoms with E-state index in [1.54, 1.807) is 45.4 Å². The molecule has 1 fully saturated rings. The van der Waals surface area contributed by atoms with Gasteiger partial charge in [0.25, 0.3) is 10.0 Å². The molecule has 1 N–H and O–H groups in total. The summed E-state index contributed by atoms with van der Waals surface area (Å²) in [6.45, 7) is 8.59. The van der Waals surface area contributed by atoms with Gasteiger partial charge < -0.3 is 19.7 Å². The van der Waals surface area contributed by atoms with Crippen molar-refractivity contribution in [3.8, 4) is 11.5 Å². The number of sulfonamides is 1. The van der Waals surface area contributed by atoms with Gasteiger partial charge in [-0.2, -0.15) is 0 Å². The lowest BCUT2D eigenvalue weighted by Crippen LogP contribution is -2.40. The SMILES string of the molecule is COc1ccc2c(c1)[C@H](CC(=O)N1CCCNCC1)[C@@H](C)N2S(=O)(=O)c1ccc(OC)c(C)c1C. The van der Waals surface area contributed by atoms with E-state index < -0.39 is 16.1 Å². The van der Waals surface area contributed by atoms with E-state index in [4.69, 9.17) is 9.47 Å². The van der Waals surface area contributed by atoms with Crippen molar-refractivity contribution in [2.75, 3.05) is 44.7 Å². The average Bonchev–Trinajstić information content (AvgIpc) is 3.00. The zero-order valence-electron chi connectivity index (χ0n) is 21.1. The van der Waals surface area contributed by atoms with Gasteiger partial charge >= 0.3 is 0 Å². The third-order valence-corrected chi connectivity index (χ3v) is 9.40. The zero-order chi connectivity index (χ0) is 25.3. The van der Waals surface area contributed by atoms with Gasteiger partial charge in [0.05, 0.1) is 30.8 Å². The predicted octanol–water partition coefficient (Wildman–Crippen LogP) is 3.21. The maximum absolute atomic E-state index is 14.1. The van der Waals surface area contributed by atoms with Crippen molar-refractivity contribution < 1.29 is 22.7 Å². The van der Waals surface area contributed by atoms with E-state index in [1.807, 2.05) is 24.8 Å². The van der Waals surface area contributed by atoms with Gasteiger partial charge in [-0.1, -0.05) is 0 Å². The summed E-state index contributed by atoms with van der Waals surface area (Å²) in [6, 6.07) is 8.29. The minimum absolute atomic E-state index is 0.0510. The second kappa shape index (κ2) is 10.1. The van der Waals surface area contributed by atoms with Crippen LogP contribution in [0.15, 0.2) is 35.2 Å². The molecule has 2 aromatic rings. The van der Waals surface area contributed by atoms with E-state index in [-0.39, 0.29) is 23.1 Å². The van der Waals surface area contributed by atoms with Gasteiger partial charge in [0, 0.05) is 32.0 Å². The number of methoxy groups -OCH3 is 2. The molecule has 9 heteroatoms. The first kappa shape index (κ1) is 25.3. The van der Waals surface area contributed by atoms with Gasteiger partial charge in [-0.05, 0) is 80.8 Å². The Kier molecular flexibility index (Phi) is 7.28. The number of benzene rings is 2. The Hall–Kier alpha value is -2.78. The molecule has 1 amide bonds. The molecular formula is C26H35N3O5S. The molecule has 0 aliphatic carbocycles. The Morgan fingerprint density at radius 1 is 1.06 bits per heavy atom. The summed E-state index contributed by atoms with van der Waals surface area (Å²) in [6.07, 6.45) is 1.15. The van der Waals surface area contributed by atoms with Crippen LogP contribution in [0.1, 0.15) is 42.4 Å². The molecule has 0 saturated carbocycles. The van der Waals surface area contributed by atoms with E-state index in [1.165, 1.54) is 4.31 Å². The van der Waals surface area contributed by atoms with Crippen LogP contribution in [-0.4, -0.2) is 65.7 Å². The summed E-state index contributed by atoms with van der Waals surface area (Å²) < 4.78 is 40.4. The number of hydrogen-bond acceptors (Lipinski definition) is 6. The van der Waals surface area contributed by atoms with E-state index in [0.29, 0.717) is 35.8 Å². The Morgan fingerprint density at radius 2 is 1.83 bits per heavy atom. The van der Waals surface area contributed by atoms with E-state index in [0.717, 1.165) is 30.6 Å². The van der Waals surface area contributed by atoms with Gasteiger partial charge in [0.1, 0.15) is 11.5 Å². The summed E-state index contributed by atoms with van der Waals surface area (Å²) in [5, 5.41) is 3.32. The minimum Gasteiger partial charge on any atom is -0.497 e. The summed E-state index contributed by atoms with van der Waals surface area (Å²) in [5.74, 6) is 1.06. The van der Waals surface area contributed by atoms with Crippen LogP contribution in [-0.2, 0) is 14.8 Å². The van der Waals surface area contributed by atoms with Gasteiger partial charge in [0.2, 0.25) is 5.91 Å². The summed E-state index contributed by atoms with van der Waals surface area (Å²) in [7, 11) is -0.737. The molecular weight excluding hydrogens is 466 g/mol. The second-order valence-electron chi connectivity index (χ2n) is 9.28. The lowest BCUT2D eigenvalue weighted by molar-refractivity contribution is -0.131. The number of fused-ring (bicyclic) bond motifs is 1. The van der Waals surface area contributed by atoms with E-state index in [2.05, 4.69) is 5.32 Å². The van der Waals surface area contributed by atoms with Crippen molar-refractivity contribution in [3.63, 3.8) is 0 Å². The van der Waals surface area contributed by atoms with E-state index >= 15 is 0 Å². The van der Waals surface area contributed by atoms with Crippen molar-refractivity contribution in [1.29, 1.82) is 0 Å². The molecule has 35 heavy (non-hydrogen) atoms. The van der Waals surface area contributed by atoms with Crippen LogP contribution in [0.2, 0.25) is 0 Å². The number of nitrogens with zero attached hydrogens (tertiary/aromatic N) is 2. The standard InChI is InChI=1S/C26H35N3O5S/c1-17-18(2)25(10-9-24(17)34-5)35(31,32)29-19(3)21(22-15-20(33-4)7-8-23(22)29)16-26(30)28-13-6-11-27-12-14-28/h7-10,15,19,21,27H,6,11-14,16H2,1-5H3/t19-,21-/m1/s1. The van der Waals surface area contributed by atoms with Crippen molar-refractivity contribution in [3.05, 3.63) is 47.0 Å². The molecule has 1 saturated heterocycles. The monoisotopic (exact) mass is 501 g/mol. The lowest BCUT2D eigenvalue weighted by Gasteiger charge is -2.29. The first-order valence-electron chi connectivity index (χ1n) is 12.1. The fourth-order valence-electron chi connectivity index (χ4n) is 5.22. The van der Waals surface area contributed by atoms with Crippen molar-refractivity contribution >= 4 is 21.6 Å². The van der Waals surface area contributed by atoms with Crippen molar-refractivity contribution in [2.24, 2.45) is 0 Å². The first-order chi connectivity index (χ1) is 16.7. The van der Waals surface area contributed by atoms with Gasteiger partial charge in [-0.15, -0.1) is 0 Å². The van der Waals surface area contributed by atoms with Crippen LogP contribution >= 0.6 is 0 Å². The molecule has 2 aliphatic heterocycles. The summed E-state index contributed by atoms with van der Waals surface area (Å²) in [4.78, 5) is 15.4. The quantitative estimate of drug-likeness (QED) is 0.654. The van der Waals surface area contributed by atoms with Crippen LogP contribution in [0, 0.1) is 13.8 Å². The predicted molar refractivity (Wildman–Crippen MR) is 136 cm³/mol. The van der Waals surface area contributed by atoms with Gasteiger partial charge in [0.15, 0.2) is 0 Å². The molecule has 8 nitrogen and oxygen atoms in total. The molecule has 0 radical (unpaired) electrons. The fourth-order valence-corrected chi connectivity index (χ4v) is 7.22. The van der Waals surface area contributed by atoms with E-state index in [9.17, 15) is 13.2 Å². The number of anilines is 1. The fraction of sp³-hybridized carbons (Fsp3) is 0.500. The number of ether oxygens (including phenoxy) is 2. The average molecular weight is 502 g/mol. The number of rotatable bonds is 6. The number of carbonyl (C=O) groups excluding carboxylic acids is 1. The molecule has 0 bridgehead atoms. The molecule has 0 spiro atoms. The summed E-state index contributed by atoms with van der Waals surface area (Å²) >= 11 is 0. The minimum atomic E-state index is -3.90. The molecule has 0 aromatic heterocycles. The Labute approximate surface area is 208 Å². The third-order valence-electron chi connectivity index (χ3n) is 7.36. The van der Waals surface area contributed by atoms with Crippen LogP contribution in [0.3, 0.4) is 0 Å². The Bertz CT molecular complexity index is 1210. The molecule has 4 rings (SSSR count). The topological polar surface area (TPSA) is 88.2 Å². The first-order valence-corrected chi connectivity index (χ1v) is 13.5. The summed E-state index contributed by atoms with van der Waals surface area (Å²) in [5.41, 5.74) is 2.87. The second-order valence-corrected chi connectivity index (χ2v) is 11.1. The highest BCUT2D eigenvalue weighted by molar-refractivity contribution is 7.93. The molecule has 0 unspecified atom stereocenters. The normalized spacial score (nSPS) is 20.4. The van der Waals surface area contributed by atoms with Crippen LogP contribution in [0.4, 0.5) is 5.69 Å². The Morgan fingerprint density at radius 3 is 2.54 bits per heavy atom. The highest BCUT2D eigenvalue weighted by Crippen LogP contribution is 2.47. The van der Waals surface area contributed by atoms with Gasteiger partial charge in [-0.25, -0.2) is 8.42 Å². The van der Waals surface area contributed by atoms with Gasteiger partial charge in [-0.3, -0.25) is 9.10 Å². The lowest BCUT2D eigenvalue weighted by atomic mass is 9.92. The maximum Gasteiger partial charge on any atom is 0.264 e. The molecule has 2 aromatic carbocycles. The number of carbonyl (C=O) groups is 1. The number of amides is 1. The van der Waals surface area contributed by atoms with Crippen LogP contribution in [0.5, 0.6) is 11.5 Å². The highest BCUT2D eigenvalue weighted by Gasteiger charge is 2.44. The largest absolute Gasteiger partial charge is 0.497 e. The zero-order valence-corrected chi connectivity index (χ0v) is 21.9. The van der Waals surface area contributed by atoms with Crippen molar-refractivity contribution in [2.45, 2.75) is 50.5 Å². The third kappa shape index (κ3) is 4.59. The highest BCUT2D eigenvalue weighted by atomic mass is 32.2. The maximum atomic E-state index is 14.1. The Balaban J connectivity index is 1.74. The number of hydrogen-bond donors (Lipinski definition) is 1. The molecule has 190 valence electrons. The molecule has 2 aliphatic rings. The molecule has 2 atom stereocenters. The molecule has 2 heterocycles. The van der Waals surface area contributed by atoms with Crippen molar-refractivity contribution in [1.82, 2.24) is 10.2 Å². The smallest absolute Gasteiger partial charge is 0.264 e. The number of nitrogens with one attached hydrogen (secondary N) is 1. The van der Waals surface area contributed by atoms with Crippen LogP contribution in [0.25, 0.3) is 0 Å².